The number of aromatic nitrogens is 2. The molecule has 1 fully saturated rings. The fourth-order valence-electron chi connectivity index (χ4n) is 4.05. The van der Waals surface area contributed by atoms with Crippen molar-refractivity contribution in [3.05, 3.63) is 86.1 Å². The molecule has 1 aliphatic heterocycles. The molecule has 0 atom stereocenters. The average molecular weight is 555 g/mol. The molecule has 4 rings (SSSR count). The van der Waals surface area contributed by atoms with Gasteiger partial charge in [-0.2, -0.15) is 0 Å². The van der Waals surface area contributed by atoms with E-state index in [2.05, 4.69) is 5.32 Å². The Morgan fingerprint density at radius 2 is 1.76 bits per heavy atom. The van der Waals surface area contributed by atoms with Crippen molar-refractivity contribution in [1.29, 1.82) is 0 Å². The van der Waals surface area contributed by atoms with E-state index in [1.807, 2.05) is 48.5 Å². The molecule has 3 aromatic rings. The highest BCUT2D eigenvalue weighted by Crippen LogP contribution is 2.33. The molecular weight excluding hydrogens is 528 g/mol. The number of thiocarbonyl (C=S) groups is 1. The van der Waals surface area contributed by atoms with E-state index in [4.69, 9.17) is 23.8 Å². The van der Waals surface area contributed by atoms with Crippen molar-refractivity contribution in [3.63, 3.8) is 0 Å². The highest BCUT2D eigenvalue weighted by molar-refractivity contribution is 8.26. The van der Waals surface area contributed by atoms with Crippen LogP contribution in [0, 0.1) is 6.92 Å². The third kappa shape index (κ3) is 6.23. The Hall–Kier alpha value is -3.14. The average Bonchev–Trinajstić information content (AvgIpc) is 3.26. The van der Waals surface area contributed by atoms with Gasteiger partial charge in [0.15, 0.2) is 0 Å². The van der Waals surface area contributed by atoms with Gasteiger partial charge < -0.3 is 5.32 Å². The first-order chi connectivity index (χ1) is 17.8. The SMILES string of the molecule is Cc1c(NC(=O)CCCCCN2C(=O)/C(=C/c3ccc(Cl)cc3)SC2=S)c(=O)n(-c2ccccc2)n1C. The number of thioether (sulfide) groups is 1. The summed E-state index contributed by atoms with van der Waals surface area (Å²) < 4.78 is 3.81. The second-order valence-electron chi connectivity index (χ2n) is 8.68. The van der Waals surface area contributed by atoms with Crippen molar-refractivity contribution in [1.82, 2.24) is 14.3 Å². The van der Waals surface area contributed by atoms with Gasteiger partial charge in [-0.25, -0.2) is 4.68 Å². The maximum Gasteiger partial charge on any atom is 0.295 e. The van der Waals surface area contributed by atoms with Crippen LogP contribution in [0.3, 0.4) is 0 Å². The number of amides is 2. The van der Waals surface area contributed by atoms with Crippen LogP contribution >= 0.6 is 35.6 Å². The fraction of sp³-hybridized carbons (Fsp3) is 0.259. The van der Waals surface area contributed by atoms with E-state index < -0.39 is 0 Å². The van der Waals surface area contributed by atoms with Crippen LogP contribution < -0.4 is 10.9 Å². The molecule has 0 aliphatic carbocycles. The number of benzene rings is 2. The number of nitrogens with zero attached hydrogens (tertiary/aromatic N) is 3. The van der Waals surface area contributed by atoms with Gasteiger partial charge in [0.05, 0.1) is 16.3 Å². The van der Waals surface area contributed by atoms with Crippen LogP contribution in [-0.4, -0.2) is 36.9 Å². The number of nitrogens with one attached hydrogen (secondary N) is 1. The Labute approximate surface area is 230 Å². The highest BCUT2D eigenvalue weighted by Gasteiger charge is 2.31. The van der Waals surface area contributed by atoms with Gasteiger partial charge in [0, 0.05) is 25.0 Å². The zero-order chi connectivity index (χ0) is 26.5. The summed E-state index contributed by atoms with van der Waals surface area (Å²) in [7, 11) is 1.79. The Morgan fingerprint density at radius 1 is 1.05 bits per heavy atom. The molecule has 0 spiro atoms. The van der Waals surface area contributed by atoms with Crippen LogP contribution in [0.2, 0.25) is 5.02 Å². The topological polar surface area (TPSA) is 76.3 Å². The van der Waals surface area contributed by atoms with E-state index >= 15 is 0 Å². The summed E-state index contributed by atoms with van der Waals surface area (Å²) in [4.78, 5) is 40.5. The zero-order valence-corrected chi connectivity index (χ0v) is 23.0. The Kier molecular flexibility index (Phi) is 8.68. The summed E-state index contributed by atoms with van der Waals surface area (Å²) >= 11 is 12.6. The molecule has 1 aromatic heterocycles. The van der Waals surface area contributed by atoms with Gasteiger partial charge in [-0.1, -0.05) is 72.3 Å². The molecule has 192 valence electrons. The zero-order valence-electron chi connectivity index (χ0n) is 20.6. The molecule has 2 aromatic carbocycles. The lowest BCUT2D eigenvalue weighted by molar-refractivity contribution is -0.122. The summed E-state index contributed by atoms with van der Waals surface area (Å²) in [6.45, 7) is 2.31. The van der Waals surface area contributed by atoms with Gasteiger partial charge in [0.1, 0.15) is 10.0 Å². The van der Waals surface area contributed by atoms with Crippen molar-refractivity contribution in [2.24, 2.45) is 7.05 Å². The van der Waals surface area contributed by atoms with Crippen LogP contribution in [0.4, 0.5) is 5.69 Å². The number of halogens is 1. The number of carbonyl (C=O) groups excluding carboxylic acids is 2. The van der Waals surface area contributed by atoms with Crippen molar-refractivity contribution in [2.45, 2.75) is 32.6 Å². The predicted octanol–water partition coefficient (Wildman–Crippen LogP) is 5.54. The largest absolute Gasteiger partial charge is 0.320 e. The van der Waals surface area contributed by atoms with Crippen molar-refractivity contribution >= 4 is 63.5 Å². The van der Waals surface area contributed by atoms with Crippen LogP contribution in [-0.2, 0) is 16.6 Å². The van der Waals surface area contributed by atoms with E-state index in [1.165, 1.54) is 16.4 Å². The van der Waals surface area contributed by atoms with Crippen molar-refractivity contribution in [3.8, 4) is 5.69 Å². The summed E-state index contributed by atoms with van der Waals surface area (Å²) in [5, 5.41) is 3.43. The van der Waals surface area contributed by atoms with E-state index in [0.717, 1.165) is 24.1 Å². The summed E-state index contributed by atoms with van der Waals surface area (Å²) in [5.41, 5.74) is 2.34. The van der Waals surface area contributed by atoms with Gasteiger partial charge in [-0.05, 0) is 55.7 Å². The van der Waals surface area contributed by atoms with Crippen molar-refractivity contribution in [2.75, 3.05) is 11.9 Å². The van der Waals surface area contributed by atoms with Gasteiger partial charge >= 0.3 is 0 Å². The third-order valence-electron chi connectivity index (χ3n) is 6.15. The smallest absolute Gasteiger partial charge is 0.295 e. The molecule has 1 saturated heterocycles. The molecule has 0 radical (unpaired) electrons. The predicted molar refractivity (Wildman–Crippen MR) is 154 cm³/mol. The van der Waals surface area contributed by atoms with Crippen LogP contribution in [0.15, 0.2) is 64.3 Å². The lowest BCUT2D eigenvalue weighted by Crippen LogP contribution is -2.29. The number of unbranched alkanes of at least 4 members (excludes halogenated alkanes) is 2. The normalized spacial score (nSPS) is 14.6. The fourth-order valence-corrected chi connectivity index (χ4v) is 5.48. The highest BCUT2D eigenvalue weighted by atomic mass is 35.5. The molecule has 0 bridgehead atoms. The lowest BCUT2D eigenvalue weighted by Gasteiger charge is -2.14. The molecule has 7 nitrogen and oxygen atoms in total. The lowest BCUT2D eigenvalue weighted by atomic mass is 10.1. The number of para-hydroxylation sites is 1. The van der Waals surface area contributed by atoms with Crippen LogP contribution in [0.5, 0.6) is 0 Å². The molecular formula is C27H27ClN4O3S2. The maximum atomic E-state index is 13.0. The first-order valence-electron chi connectivity index (χ1n) is 11.9. The van der Waals surface area contributed by atoms with E-state index in [-0.39, 0.29) is 23.8 Å². The summed E-state index contributed by atoms with van der Waals surface area (Å²) in [5.74, 6) is -0.306. The Balaban J connectivity index is 1.26. The minimum absolute atomic E-state index is 0.100. The first-order valence-corrected chi connectivity index (χ1v) is 13.5. The third-order valence-corrected chi connectivity index (χ3v) is 7.78. The van der Waals surface area contributed by atoms with Crippen LogP contribution in [0.1, 0.15) is 36.9 Å². The number of rotatable bonds is 9. The van der Waals surface area contributed by atoms with E-state index in [0.29, 0.717) is 38.6 Å². The van der Waals surface area contributed by atoms with Crippen LogP contribution in [0.25, 0.3) is 11.8 Å². The van der Waals surface area contributed by atoms with E-state index in [9.17, 15) is 14.4 Å². The van der Waals surface area contributed by atoms with Gasteiger partial charge in [0.2, 0.25) is 5.91 Å². The summed E-state index contributed by atoms with van der Waals surface area (Å²) in [6, 6.07) is 16.6. The molecule has 2 amide bonds. The molecule has 0 saturated carbocycles. The Bertz CT molecular complexity index is 1410. The molecule has 1 N–H and O–H groups in total. The van der Waals surface area contributed by atoms with E-state index in [1.54, 1.807) is 35.7 Å². The maximum absolute atomic E-state index is 13.0. The summed E-state index contributed by atoms with van der Waals surface area (Å²) in [6.07, 6.45) is 4.22. The second-order valence-corrected chi connectivity index (χ2v) is 10.8. The van der Waals surface area contributed by atoms with Gasteiger partial charge in [-0.3, -0.25) is 24.0 Å². The quantitative estimate of drug-likeness (QED) is 0.213. The minimum Gasteiger partial charge on any atom is -0.320 e. The first kappa shape index (κ1) is 26.9. The Morgan fingerprint density at radius 3 is 2.46 bits per heavy atom. The number of hydrogen-bond acceptors (Lipinski definition) is 5. The molecule has 37 heavy (non-hydrogen) atoms. The standard InChI is InChI=1S/C27H27ClN4O3S2/c1-18-24(26(35)32(30(18)2)21-9-5-3-6-10-21)29-23(33)11-7-4-8-16-31-25(34)22(37-27(31)36)17-19-12-14-20(28)15-13-19/h3,5-6,9-10,12-15,17H,4,7-8,11,16H2,1-2H3,(H,29,33)/b22-17-. The minimum atomic E-state index is -0.263. The molecule has 2 heterocycles. The molecule has 0 unspecified atom stereocenters. The van der Waals surface area contributed by atoms with Gasteiger partial charge in [0.25, 0.3) is 11.5 Å². The van der Waals surface area contributed by atoms with Gasteiger partial charge in [-0.15, -0.1) is 0 Å². The number of hydrogen-bond donors (Lipinski definition) is 1. The van der Waals surface area contributed by atoms with Crippen molar-refractivity contribution < 1.29 is 9.59 Å². The number of anilines is 1. The molecule has 1 aliphatic rings. The number of carbonyl (C=O) groups is 2. The monoisotopic (exact) mass is 554 g/mol. The molecule has 10 heteroatoms. The second kappa shape index (κ2) is 11.9.